The van der Waals surface area contributed by atoms with Crippen LogP contribution in [-0.4, -0.2) is 38.1 Å². The molecule has 0 aliphatic heterocycles. The van der Waals surface area contributed by atoms with Crippen molar-refractivity contribution in [3.05, 3.63) is 24.3 Å². The molecule has 0 atom stereocenters. The van der Waals surface area contributed by atoms with Gasteiger partial charge in [-0.05, 0) is 25.0 Å². The maximum absolute atomic E-state index is 11.0. The molecule has 0 saturated carbocycles. The first kappa shape index (κ1) is 22.5. The van der Waals surface area contributed by atoms with Crippen LogP contribution in [0.1, 0.15) is 27.7 Å². The van der Waals surface area contributed by atoms with E-state index in [1.54, 1.807) is 6.07 Å². The Morgan fingerprint density at radius 3 is 2.67 bits per heavy atom. The van der Waals surface area contributed by atoms with E-state index in [0.29, 0.717) is 19.1 Å². The van der Waals surface area contributed by atoms with Crippen LogP contribution in [-0.2, 0) is 4.79 Å². The molecule has 24 heavy (non-hydrogen) atoms. The second kappa shape index (κ2) is 12.9. The Morgan fingerprint density at radius 2 is 2.04 bits per heavy atom. The van der Waals surface area contributed by atoms with Gasteiger partial charge in [-0.1, -0.05) is 19.9 Å². The first-order chi connectivity index (χ1) is 11.0. The highest BCUT2D eigenvalue weighted by Gasteiger charge is 2.00. The van der Waals surface area contributed by atoms with Crippen LogP contribution >= 0.6 is 24.0 Å². The smallest absolute Gasteiger partial charge is 0.221 e. The van der Waals surface area contributed by atoms with Gasteiger partial charge in [-0.3, -0.25) is 9.79 Å². The van der Waals surface area contributed by atoms with Gasteiger partial charge in [-0.25, -0.2) is 0 Å². The molecule has 3 N–H and O–H groups in total. The Kier molecular flexibility index (Phi) is 12.0. The zero-order valence-corrected chi connectivity index (χ0v) is 17.2. The number of halogens is 1. The van der Waals surface area contributed by atoms with Crippen LogP contribution in [0.4, 0.5) is 5.69 Å². The predicted molar refractivity (Wildman–Crippen MR) is 110 cm³/mol. The Hall–Kier alpha value is -1.51. The lowest BCUT2D eigenvalue weighted by molar-refractivity contribution is -0.114. The Bertz CT molecular complexity index is 521. The van der Waals surface area contributed by atoms with Gasteiger partial charge in [0.25, 0.3) is 0 Å². The van der Waals surface area contributed by atoms with Gasteiger partial charge in [0.15, 0.2) is 5.96 Å². The molecule has 1 rings (SSSR count). The Balaban J connectivity index is 0.00000529. The van der Waals surface area contributed by atoms with Gasteiger partial charge in [-0.2, -0.15) is 0 Å². The van der Waals surface area contributed by atoms with Gasteiger partial charge < -0.3 is 20.7 Å². The molecular weight excluding hydrogens is 419 g/mol. The van der Waals surface area contributed by atoms with Crippen molar-refractivity contribution in [2.75, 3.05) is 31.6 Å². The minimum absolute atomic E-state index is 0. The molecule has 0 fully saturated rings. The number of benzene rings is 1. The zero-order valence-electron chi connectivity index (χ0n) is 14.9. The quantitative estimate of drug-likeness (QED) is 0.248. The number of nitrogens with zero attached hydrogens (tertiary/aromatic N) is 1. The van der Waals surface area contributed by atoms with Crippen LogP contribution in [0.15, 0.2) is 29.3 Å². The highest BCUT2D eigenvalue weighted by Crippen LogP contribution is 2.16. The molecule has 0 spiro atoms. The van der Waals surface area contributed by atoms with E-state index in [1.165, 1.54) is 6.92 Å². The SMILES string of the molecule is CCNC(=NCC(C)C)NCCOc1cccc(NC(C)=O)c1.I. The van der Waals surface area contributed by atoms with Crippen molar-refractivity contribution in [2.45, 2.75) is 27.7 Å². The summed E-state index contributed by atoms with van der Waals surface area (Å²) in [6.45, 7) is 10.6. The lowest BCUT2D eigenvalue weighted by Crippen LogP contribution is -2.39. The number of aliphatic imine (C=N–C) groups is 1. The van der Waals surface area contributed by atoms with Gasteiger partial charge in [0.2, 0.25) is 5.91 Å². The molecule has 6 nitrogen and oxygen atoms in total. The van der Waals surface area contributed by atoms with Crippen molar-refractivity contribution in [3.8, 4) is 5.75 Å². The summed E-state index contributed by atoms with van der Waals surface area (Å²) in [5, 5.41) is 9.17. The largest absolute Gasteiger partial charge is 0.492 e. The molecule has 0 aliphatic rings. The monoisotopic (exact) mass is 448 g/mol. The van der Waals surface area contributed by atoms with E-state index in [1.807, 2.05) is 25.1 Å². The van der Waals surface area contributed by atoms with E-state index in [0.717, 1.165) is 30.5 Å². The molecular formula is C17H29IN4O2. The number of anilines is 1. The number of hydrogen-bond donors (Lipinski definition) is 3. The summed E-state index contributed by atoms with van der Waals surface area (Å²) in [7, 11) is 0. The van der Waals surface area contributed by atoms with Gasteiger partial charge in [0.05, 0.1) is 6.54 Å². The molecule has 0 aliphatic carbocycles. The summed E-state index contributed by atoms with van der Waals surface area (Å²) in [5.74, 6) is 1.96. The lowest BCUT2D eigenvalue weighted by atomic mass is 10.2. The molecule has 1 amide bonds. The summed E-state index contributed by atoms with van der Waals surface area (Å²) in [5.41, 5.74) is 0.731. The number of rotatable bonds is 8. The molecule has 0 heterocycles. The zero-order chi connectivity index (χ0) is 17.1. The van der Waals surface area contributed by atoms with Crippen molar-refractivity contribution in [1.29, 1.82) is 0 Å². The maximum Gasteiger partial charge on any atom is 0.221 e. The summed E-state index contributed by atoms with van der Waals surface area (Å²) >= 11 is 0. The first-order valence-electron chi connectivity index (χ1n) is 8.04. The fraction of sp³-hybridized carbons (Fsp3) is 0.529. The standard InChI is InChI=1S/C17H28N4O2.HI/c1-5-18-17(20-12-13(2)3)19-9-10-23-16-8-6-7-15(11-16)21-14(4)22;/h6-8,11,13H,5,9-10,12H2,1-4H3,(H,21,22)(H2,18,19,20);1H. The van der Waals surface area contributed by atoms with Crippen molar-refractivity contribution in [3.63, 3.8) is 0 Å². The maximum atomic E-state index is 11.0. The number of guanidine groups is 1. The van der Waals surface area contributed by atoms with Gasteiger partial charge in [0.1, 0.15) is 12.4 Å². The average molecular weight is 448 g/mol. The van der Waals surface area contributed by atoms with Crippen LogP contribution in [0.25, 0.3) is 0 Å². The third-order valence-electron chi connectivity index (χ3n) is 2.78. The summed E-state index contributed by atoms with van der Waals surface area (Å²) in [6.07, 6.45) is 0. The number of nitrogens with one attached hydrogen (secondary N) is 3. The van der Waals surface area contributed by atoms with Crippen LogP contribution in [0.2, 0.25) is 0 Å². The first-order valence-corrected chi connectivity index (χ1v) is 8.04. The molecule has 0 saturated heterocycles. The van der Waals surface area contributed by atoms with E-state index in [-0.39, 0.29) is 29.9 Å². The minimum atomic E-state index is -0.0968. The number of carbonyl (C=O) groups is 1. The molecule has 0 aromatic heterocycles. The van der Waals surface area contributed by atoms with E-state index < -0.39 is 0 Å². The molecule has 0 unspecified atom stereocenters. The molecule has 1 aromatic rings. The fourth-order valence-electron chi connectivity index (χ4n) is 1.82. The van der Waals surface area contributed by atoms with Gasteiger partial charge in [-0.15, -0.1) is 24.0 Å². The number of carbonyl (C=O) groups excluding carboxylic acids is 1. The van der Waals surface area contributed by atoms with Crippen LogP contribution in [0.5, 0.6) is 5.75 Å². The van der Waals surface area contributed by atoms with Crippen molar-refractivity contribution in [1.82, 2.24) is 10.6 Å². The third kappa shape index (κ3) is 10.3. The normalized spacial score (nSPS) is 10.8. The average Bonchev–Trinajstić information content (AvgIpc) is 2.48. The van der Waals surface area contributed by atoms with Gasteiger partial charge in [0, 0.05) is 31.8 Å². The second-order valence-electron chi connectivity index (χ2n) is 5.60. The highest BCUT2D eigenvalue weighted by molar-refractivity contribution is 14.0. The summed E-state index contributed by atoms with van der Waals surface area (Å²) in [4.78, 5) is 15.5. The number of amides is 1. The summed E-state index contributed by atoms with van der Waals surface area (Å²) in [6, 6.07) is 7.35. The molecule has 0 bridgehead atoms. The third-order valence-corrected chi connectivity index (χ3v) is 2.78. The topological polar surface area (TPSA) is 74.8 Å². The highest BCUT2D eigenvalue weighted by atomic mass is 127. The number of hydrogen-bond acceptors (Lipinski definition) is 3. The second-order valence-corrected chi connectivity index (χ2v) is 5.60. The Morgan fingerprint density at radius 1 is 1.29 bits per heavy atom. The van der Waals surface area contributed by atoms with E-state index in [9.17, 15) is 4.79 Å². The van der Waals surface area contributed by atoms with E-state index >= 15 is 0 Å². The van der Waals surface area contributed by atoms with E-state index in [4.69, 9.17) is 4.74 Å². The minimum Gasteiger partial charge on any atom is -0.492 e. The van der Waals surface area contributed by atoms with Crippen molar-refractivity contribution < 1.29 is 9.53 Å². The van der Waals surface area contributed by atoms with Crippen LogP contribution in [0.3, 0.4) is 0 Å². The molecule has 7 heteroatoms. The lowest BCUT2D eigenvalue weighted by Gasteiger charge is -2.13. The van der Waals surface area contributed by atoms with E-state index in [2.05, 4.69) is 34.8 Å². The molecule has 136 valence electrons. The van der Waals surface area contributed by atoms with Crippen molar-refractivity contribution >= 4 is 41.5 Å². The van der Waals surface area contributed by atoms with Crippen molar-refractivity contribution in [2.24, 2.45) is 10.9 Å². The van der Waals surface area contributed by atoms with Gasteiger partial charge >= 0.3 is 0 Å². The fourth-order valence-corrected chi connectivity index (χ4v) is 1.82. The van der Waals surface area contributed by atoms with Crippen LogP contribution < -0.4 is 20.7 Å². The summed E-state index contributed by atoms with van der Waals surface area (Å²) < 4.78 is 5.69. The molecule has 0 radical (unpaired) electrons. The Labute approximate surface area is 161 Å². The number of ether oxygens (including phenoxy) is 1. The predicted octanol–water partition coefficient (Wildman–Crippen LogP) is 2.85. The van der Waals surface area contributed by atoms with Crippen LogP contribution in [0, 0.1) is 5.92 Å². The molecule has 1 aromatic carbocycles.